The van der Waals surface area contributed by atoms with Crippen molar-refractivity contribution in [2.24, 2.45) is 0 Å². The van der Waals surface area contributed by atoms with Crippen molar-refractivity contribution in [2.45, 2.75) is 54.5 Å². The fourth-order valence-electron chi connectivity index (χ4n) is 3.65. The molecule has 168 valence electrons. The highest BCUT2D eigenvalue weighted by Gasteiger charge is 2.26. The van der Waals surface area contributed by atoms with Gasteiger partial charge in [-0.3, -0.25) is 4.79 Å². The largest absolute Gasteiger partial charge is 0.379 e. The quantitative estimate of drug-likeness (QED) is 0.652. The van der Waals surface area contributed by atoms with Gasteiger partial charge in [0.25, 0.3) is 0 Å². The van der Waals surface area contributed by atoms with Gasteiger partial charge >= 0.3 is 0 Å². The van der Waals surface area contributed by atoms with Crippen LogP contribution in [-0.4, -0.2) is 64.9 Å². The van der Waals surface area contributed by atoms with E-state index in [1.54, 1.807) is 12.1 Å². The summed E-state index contributed by atoms with van der Waals surface area (Å²) in [6, 6.07) is 6.28. The van der Waals surface area contributed by atoms with Gasteiger partial charge in [0, 0.05) is 31.7 Å². The molecular weight excluding hydrogens is 438 g/mol. The van der Waals surface area contributed by atoms with E-state index in [1.165, 1.54) is 34.6 Å². The van der Waals surface area contributed by atoms with E-state index in [1.807, 2.05) is 6.92 Å². The van der Waals surface area contributed by atoms with E-state index in [4.69, 9.17) is 4.74 Å². The fourth-order valence-corrected chi connectivity index (χ4v) is 5.95. The van der Waals surface area contributed by atoms with Crippen LogP contribution in [0.2, 0.25) is 0 Å². The third-order valence-corrected chi connectivity index (χ3v) is 8.45. The van der Waals surface area contributed by atoms with Crippen LogP contribution in [0.1, 0.15) is 32.0 Å². The molecule has 1 fully saturated rings. The smallest absolute Gasteiger partial charge is 0.243 e. The van der Waals surface area contributed by atoms with Crippen LogP contribution in [-0.2, 0) is 32.5 Å². The van der Waals surface area contributed by atoms with Gasteiger partial charge in [0.15, 0.2) is 5.16 Å². The number of nitrogens with zero attached hydrogens (tertiary/aromatic N) is 4. The summed E-state index contributed by atoms with van der Waals surface area (Å²) < 4.78 is 34.2. The molecule has 1 aromatic heterocycles. The third kappa shape index (κ3) is 5.11. The number of thioether (sulfide) groups is 1. The van der Waals surface area contributed by atoms with Crippen LogP contribution in [0.25, 0.3) is 0 Å². The van der Waals surface area contributed by atoms with Crippen LogP contribution >= 0.6 is 11.8 Å². The molecule has 11 heteroatoms. The molecule has 1 aromatic carbocycles. The zero-order valence-corrected chi connectivity index (χ0v) is 19.1. The molecule has 0 aliphatic carbocycles. The molecule has 0 saturated carbocycles. The zero-order chi connectivity index (χ0) is 21.8. The van der Waals surface area contributed by atoms with Gasteiger partial charge in [-0.2, -0.15) is 4.31 Å². The highest BCUT2D eigenvalue weighted by atomic mass is 32.2. The molecule has 1 N–H and O–H groups in total. The molecule has 0 radical (unpaired) electrons. The van der Waals surface area contributed by atoms with Crippen molar-refractivity contribution >= 4 is 33.4 Å². The Morgan fingerprint density at radius 2 is 1.84 bits per heavy atom. The van der Waals surface area contributed by atoms with Crippen molar-refractivity contribution in [2.75, 3.05) is 31.6 Å². The lowest BCUT2D eigenvalue weighted by Gasteiger charge is -2.26. The number of morpholine rings is 1. The number of hydrogen-bond acceptors (Lipinski definition) is 7. The van der Waals surface area contributed by atoms with E-state index in [9.17, 15) is 13.2 Å². The highest BCUT2D eigenvalue weighted by molar-refractivity contribution is 8.00. The van der Waals surface area contributed by atoms with Crippen molar-refractivity contribution in [1.29, 1.82) is 0 Å². The van der Waals surface area contributed by atoms with Crippen molar-refractivity contribution < 1.29 is 17.9 Å². The number of fused-ring (bicyclic) bond motifs is 1. The van der Waals surface area contributed by atoms with Gasteiger partial charge in [-0.05, 0) is 44.0 Å². The first kappa shape index (κ1) is 22.3. The second-order valence-electron chi connectivity index (χ2n) is 7.65. The molecule has 31 heavy (non-hydrogen) atoms. The lowest BCUT2D eigenvalue weighted by Crippen LogP contribution is -2.40. The normalized spacial score (nSPS) is 18.7. The summed E-state index contributed by atoms with van der Waals surface area (Å²) in [5.41, 5.74) is 0.554. The van der Waals surface area contributed by atoms with E-state index < -0.39 is 10.0 Å². The Bertz CT molecular complexity index is 1020. The molecule has 1 amide bonds. The van der Waals surface area contributed by atoms with Crippen LogP contribution in [0.5, 0.6) is 0 Å². The monoisotopic (exact) mass is 465 g/mol. The Hall–Kier alpha value is -1.95. The van der Waals surface area contributed by atoms with Crippen LogP contribution in [0.15, 0.2) is 34.3 Å². The number of amides is 1. The molecule has 2 aliphatic rings. The topological polar surface area (TPSA) is 106 Å². The number of aromatic nitrogens is 3. The van der Waals surface area contributed by atoms with E-state index in [-0.39, 0.29) is 16.1 Å². The number of carbonyl (C=O) groups is 1. The number of rotatable bonds is 6. The molecule has 1 unspecified atom stereocenters. The average molecular weight is 466 g/mol. The van der Waals surface area contributed by atoms with E-state index in [0.29, 0.717) is 32.0 Å². The molecule has 4 rings (SSSR count). The Morgan fingerprint density at radius 1 is 1.10 bits per heavy atom. The lowest BCUT2D eigenvalue weighted by atomic mass is 10.2. The van der Waals surface area contributed by atoms with Crippen LogP contribution in [0, 0.1) is 0 Å². The predicted octanol–water partition coefficient (Wildman–Crippen LogP) is 2.14. The SMILES string of the molecule is CC(Sc1nnc2n1CCCCC2)C(=O)Nc1ccc(S(=O)(=O)N2CCOCC2)cc1. The Kier molecular flexibility index (Phi) is 6.95. The Balaban J connectivity index is 1.38. The zero-order valence-electron chi connectivity index (χ0n) is 17.5. The van der Waals surface area contributed by atoms with Crippen LogP contribution in [0.3, 0.4) is 0 Å². The van der Waals surface area contributed by atoms with Gasteiger partial charge in [-0.25, -0.2) is 8.42 Å². The third-order valence-electron chi connectivity index (χ3n) is 5.46. The minimum Gasteiger partial charge on any atom is -0.379 e. The Labute approximate surface area is 186 Å². The first-order valence-corrected chi connectivity index (χ1v) is 12.8. The van der Waals surface area contributed by atoms with Gasteiger partial charge in [-0.15, -0.1) is 10.2 Å². The van der Waals surface area contributed by atoms with Crippen LogP contribution < -0.4 is 5.32 Å². The number of anilines is 1. The highest BCUT2D eigenvalue weighted by Crippen LogP contribution is 2.26. The Morgan fingerprint density at radius 3 is 2.58 bits per heavy atom. The number of benzene rings is 1. The molecule has 1 saturated heterocycles. The second kappa shape index (κ2) is 9.68. The number of aryl methyl sites for hydroxylation is 1. The minimum atomic E-state index is -3.55. The molecule has 1 atom stereocenters. The second-order valence-corrected chi connectivity index (χ2v) is 10.9. The van der Waals surface area contributed by atoms with Crippen molar-refractivity contribution in [3.05, 3.63) is 30.1 Å². The number of nitrogens with one attached hydrogen (secondary N) is 1. The van der Waals surface area contributed by atoms with E-state index >= 15 is 0 Å². The summed E-state index contributed by atoms with van der Waals surface area (Å²) in [6.07, 6.45) is 4.32. The molecular formula is C20H27N5O4S2. The van der Waals surface area contributed by atoms with Gasteiger partial charge in [0.1, 0.15) is 5.82 Å². The number of sulfonamides is 1. The van der Waals surface area contributed by atoms with Crippen molar-refractivity contribution in [3.63, 3.8) is 0 Å². The summed E-state index contributed by atoms with van der Waals surface area (Å²) >= 11 is 1.39. The molecule has 0 bridgehead atoms. The van der Waals surface area contributed by atoms with Crippen molar-refractivity contribution in [1.82, 2.24) is 19.1 Å². The van der Waals surface area contributed by atoms with Gasteiger partial charge in [-0.1, -0.05) is 18.2 Å². The number of hydrogen-bond donors (Lipinski definition) is 1. The maximum absolute atomic E-state index is 12.7. The fraction of sp³-hybridized carbons (Fsp3) is 0.550. The summed E-state index contributed by atoms with van der Waals surface area (Å²) in [5, 5.41) is 11.8. The lowest BCUT2D eigenvalue weighted by molar-refractivity contribution is -0.115. The summed E-state index contributed by atoms with van der Waals surface area (Å²) in [6.45, 7) is 4.22. The van der Waals surface area contributed by atoms with Gasteiger partial charge < -0.3 is 14.6 Å². The van der Waals surface area contributed by atoms with Crippen molar-refractivity contribution in [3.8, 4) is 0 Å². The summed E-state index contributed by atoms with van der Waals surface area (Å²) in [4.78, 5) is 12.9. The van der Waals surface area contributed by atoms with E-state index in [2.05, 4.69) is 20.1 Å². The minimum absolute atomic E-state index is 0.167. The maximum Gasteiger partial charge on any atom is 0.243 e. The first-order valence-electron chi connectivity index (χ1n) is 10.5. The molecule has 2 aromatic rings. The standard InChI is InChI=1S/C20H27N5O4S2/c1-15(30-20-23-22-18-5-3-2-4-10-25(18)20)19(26)21-16-6-8-17(9-7-16)31(27,28)24-11-13-29-14-12-24/h6-9,15H,2-5,10-14H2,1H3,(H,21,26). The first-order chi connectivity index (χ1) is 14.9. The predicted molar refractivity (Wildman–Crippen MR) is 118 cm³/mol. The molecule has 3 heterocycles. The maximum atomic E-state index is 12.7. The number of ether oxygens (including phenoxy) is 1. The number of carbonyl (C=O) groups excluding carboxylic acids is 1. The molecule has 2 aliphatic heterocycles. The van der Waals surface area contributed by atoms with E-state index in [0.717, 1.165) is 36.8 Å². The molecule has 9 nitrogen and oxygen atoms in total. The summed E-state index contributed by atoms with van der Waals surface area (Å²) in [5.74, 6) is 0.824. The van der Waals surface area contributed by atoms with Gasteiger partial charge in [0.2, 0.25) is 15.9 Å². The summed E-state index contributed by atoms with van der Waals surface area (Å²) in [7, 11) is -3.55. The molecule has 0 spiro atoms. The van der Waals surface area contributed by atoms with Crippen LogP contribution in [0.4, 0.5) is 5.69 Å². The average Bonchev–Trinajstić information content (AvgIpc) is 3.00. The van der Waals surface area contributed by atoms with Gasteiger partial charge in [0.05, 0.1) is 23.4 Å².